The number of ether oxygens (including phenoxy) is 1. The van der Waals surface area contributed by atoms with Gasteiger partial charge >= 0.3 is 7.60 Å². The number of nitrogens with zero attached hydrogens (tertiary/aromatic N) is 4. The van der Waals surface area contributed by atoms with Crippen molar-refractivity contribution in [2.45, 2.75) is 31.8 Å². The lowest BCUT2D eigenvalue weighted by Crippen LogP contribution is -2.21. The Bertz CT molecular complexity index is 1700. The molecule has 3 aromatic carbocycles. The molecule has 0 aliphatic carbocycles. The molecule has 1 fully saturated rings. The Labute approximate surface area is 247 Å². The summed E-state index contributed by atoms with van der Waals surface area (Å²) in [5.41, 5.74) is 1.07. The quantitative estimate of drug-likeness (QED) is 0.176. The van der Waals surface area contributed by atoms with E-state index < -0.39 is 32.0 Å². The maximum absolute atomic E-state index is 15.8. The van der Waals surface area contributed by atoms with Crippen LogP contribution in [0.1, 0.15) is 29.9 Å². The van der Waals surface area contributed by atoms with Gasteiger partial charge in [0.05, 0.1) is 18.6 Å². The van der Waals surface area contributed by atoms with E-state index in [-0.39, 0.29) is 24.3 Å². The fraction of sp³-hybridized carbons (Fsp3) is 0.226. The van der Waals surface area contributed by atoms with Crippen molar-refractivity contribution in [1.82, 2.24) is 19.5 Å². The van der Waals surface area contributed by atoms with Crippen molar-refractivity contribution in [1.29, 1.82) is 0 Å². The Morgan fingerprint density at radius 1 is 0.930 bits per heavy atom. The van der Waals surface area contributed by atoms with Gasteiger partial charge < -0.3 is 19.1 Å². The molecule has 1 aliphatic heterocycles. The summed E-state index contributed by atoms with van der Waals surface area (Å²) in [4.78, 5) is 25.5. The monoisotopic (exact) mass is 601 g/mol. The molecule has 6 rings (SSSR count). The number of carbonyl (C=O) groups excluding carboxylic acids is 1. The number of benzene rings is 3. The zero-order valence-electron chi connectivity index (χ0n) is 23.2. The third-order valence-electron chi connectivity index (χ3n) is 7.24. The highest BCUT2D eigenvalue weighted by Crippen LogP contribution is 2.50. The molecule has 1 amide bonds. The van der Waals surface area contributed by atoms with Crippen LogP contribution in [-0.4, -0.2) is 43.9 Å². The van der Waals surface area contributed by atoms with Crippen LogP contribution >= 0.6 is 7.60 Å². The zero-order valence-corrected chi connectivity index (χ0v) is 24.1. The first kappa shape index (κ1) is 28.5. The molecule has 4 unspecified atom stereocenters. The van der Waals surface area contributed by atoms with Gasteiger partial charge in [0.2, 0.25) is 0 Å². The van der Waals surface area contributed by atoms with E-state index in [1.54, 1.807) is 79.7 Å². The second-order valence-corrected chi connectivity index (χ2v) is 12.2. The summed E-state index contributed by atoms with van der Waals surface area (Å²) in [6.45, 7) is 1.75. The van der Waals surface area contributed by atoms with Crippen LogP contribution < -0.4 is 14.4 Å². The van der Waals surface area contributed by atoms with E-state index in [1.807, 2.05) is 18.2 Å². The summed E-state index contributed by atoms with van der Waals surface area (Å²) in [5.74, 6) is 0.117. The normalized spacial score (nSPS) is 20.1. The molecule has 43 heavy (non-hydrogen) atoms. The van der Waals surface area contributed by atoms with Crippen LogP contribution in [0.4, 0.5) is 10.2 Å². The van der Waals surface area contributed by atoms with Crippen LogP contribution in [0.5, 0.6) is 11.5 Å². The minimum Gasteiger partial charge on any atom is -0.416 e. The van der Waals surface area contributed by atoms with Crippen LogP contribution in [-0.2, 0) is 9.30 Å². The third kappa shape index (κ3) is 6.28. The third-order valence-corrected chi connectivity index (χ3v) is 9.02. The SMILES string of the molecule is CC1C(CCP(=O)(Oc2ccccc2)Oc2ccccc2)OC(n2cnc3c(NC(=O)c4ccccc4)ncnc32)C1F. The van der Waals surface area contributed by atoms with E-state index in [9.17, 15) is 9.36 Å². The van der Waals surface area contributed by atoms with Gasteiger partial charge in [-0.05, 0) is 42.8 Å². The number of halogens is 1. The van der Waals surface area contributed by atoms with Gasteiger partial charge in [0.1, 0.15) is 17.8 Å². The molecule has 0 radical (unpaired) electrons. The molecular formula is C31H29FN5O5P. The van der Waals surface area contributed by atoms with Gasteiger partial charge in [-0.3, -0.25) is 9.36 Å². The van der Waals surface area contributed by atoms with Crippen LogP contribution in [0.2, 0.25) is 0 Å². The lowest BCUT2D eigenvalue weighted by atomic mass is 10.00. The van der Waals surface area contributed by atoms with Crippen molar-refractivity contribution < 1.29 is 27.5 Å². The number of nitrogens with one attached hydrogen (secondary N) is 1. The molecule has 0 saturated carbocycles. The van der Waals surface area contributed by atoms with Gasteiger partial charge in [-0.15, -0.1) is 0 Å². The van der Waals surface area contributed by atoms with Gasteiger partial charge in [-0.25, -0.2) is 23.9 Å². The van der Waals surface area contributed by atoms with Crippen LogP contribution in [0.15, 0.2) is 104 Å². The van der Waals surface area contributed by atoms with E-state index in [0.29, 0.717) is 28.2 Å². The number of aromatic nitrogens is 4. The number of fused-ring (bicyclic) bond motifs is 1. The number of imidazole rings is 1. The maximum Gasteiger partial charge on any atom is 0.430 e. The molecule has 1 aliphatic rings. The molecule has 0 bridgehead atoms. The van der Waals surface area contributed by atoms with E-state index >= 15 is 4.39 Å². The highest BCUT2D eigenvalue weighted by molar-refractivity contribution is 7.54. The first-order chi connectivity index (χ1) is 20.9. The van der Waals surface area contributed by atoms with E-state index in [4.69, 9.17) is 13.8 Å². The molecule has 10 nitrogen and oxygen atoms in total. The Morgan fingerprint density at radius 3 is 2.16 bits per heavy atom. The fourth-order valence-corrected chi connectivity index (χ4v) is 6.65. The molecule has 1 saturated heterocycles. The first-order valence-corrected chi connectivity index (χ1v) is 15.5. The van der Waals surface area contributed by atoms with Crippen molar-refractivity contribution in [2.75, 3.05) is 11.5 Å². The summed E-state index contributed by atoms with van der Waals surface area (Å²) < 4.78 is 49.1. The van der Waals surface area contributed by atoms with Crippen molar-refractivity contribution in [3.63, 3.8) is 0 Å². The minimum absolute atomic E-state index is 0.00620. The summed E-state index contributed by atoms with van der Waals surface area (Å²) in [5, 5.41) is 2.75. The van der Waals surface area contributed by atoms with Crippen LogP contribution in [0, 0.1) is 5.92 Å². The highest BCUT2D eigenvalue weighted by Gasteiger charge is 2.45. The average molecular weight is 602 g/mol. The van der Waals surface area contributed by atoms with Gasteiger partial charge in [0.25, 0.3) is 5.91 Å². The number of amides is 1. The highest BCUT2D eigenvalue weighted by atomic mass is 31.2. The lowest BCUT2D eigenvalue weighted by Gasteiger charge is -2.22. The first-order valence-electron chi connectivity index (χ1n) is 13.8. The largest absolute Gasteiger partial charge is 0.430 e. The predicted octanol–water partition coefficient (Wildman–Crippen LogP) is 6.69. The van der Waals surface area contributed by atoms with Crippen LogP contribution in [0.25, 0.3) is 11.2 Å². The van der Waals surface area contributed by atoms with Crippen molar-refractivity contribution in [3.8, 4) is 11.5 Å². The number of hydrogen-bond acceptors (Lipinski definition) is 8. The summed E-state index contributed by atoms with van der Waals surface area (Å²) in [6, 6.07) is 26.3. The Hall–Kier alpha value is -4.60. The number of rotatable bonds is 10. The second-order valence-electron chi connectivity index (χ2n) is 10.2. The molecule has 3 heterocycles. The molecule has 220 valence electrons. The van der Waals surface area contributed by atoms with Crippen molar-refractivity contribution >= 4 is 30.5 Å². The maximum atomic E-state index is 15.8. The Morgan fingerprint density at radius 2 is 1.53 bits per heavy atom. The van der Waals surface area contributed by atoms with E-state index in [2.05, 4.69) is 20.3 Å². The van der Waals surface area contributed by atoms with Gasteiger partial charge in [0.15, 0.2) is 29.4 Å². The summed E-state index contributed by atoms with van der Waals surface area (Å²) in [6.07, 6.45) is -0.133. The molecule has 4 atom stereocenters. The molecular weight excluding hydrogens is 572 g/mol. The smallest absolute Gasteiger partial charge is 0.416 e. The number of carbonyl (C=O) groups is 1. The number of anilines is 1. The summed E-state index contributed by atoms with van der Waals surface area (Å²) >= 11 is 0. The molecule has 0 spiro atoms. The Kier molecular flexibility index (Phi) is 8.18. The van der Waals surface area contributed by atoms with Crippen molar-refractivity contribution in [3.05, 3.63) is 109 Å². The predicted molar refractivity (Wildman–Crippen MR) is 159 cm³/mol. The second kappa shape index (κ2) is 12.3. The minimum atomic E-state index is -3.71. The number of para-hydroxylation sites is 2. The number of alkyl halides is 1. The van der Waals surface area contributed by atoms with Gasteiger partial charge in [-0.1, -0.05) is 61.5 Å². The molecule has 5 aromatic rings. The van der Waals surface area contributed by atoms with Gasteiger partial charge in [-0.2, -0.15) is 0 Å². The van der Waals surface area contributed by atoms with Gasteiger partial charge in [0, 0.05) is 11.5 Å². The topological polar surface area (TPSA) is 117 Å². The molecule has 1 N–H and O–H groups in total. The average Bonchev–Trinajstić information content (AvgIpc) is 3.58. The summed E-state index contributed by atoms with van der Waals surface area (Å²) in [7, 11) is -3.71. The molecule has 12 heteroatoms. The lowest BCUT2D eigenvalue weighted by molar-refractivity contribution is -0.0186. The number of hydrogen-bond donors (Lipinski definition) is 1. The Balaban J connectivity index is 1.19. The van der Waals surface area contributed by atoms with E-state index in [0.717, 1.165) is 0 Å². The standard InChI is InChI=1S/C31H29FN5O5P/c1-21-25(17-18-43(39,41-23-13-7-3-8-14-23)42-24-15-9-4-10-16-24)40-31(26(21)32)37-20-35-27-28(33-19-34-29(27)37)36-30(38)22-11-5-2-6-12-22/h2-16,19-21,25-26,31H,17-18H2,1H3,(H,33,34,36,38). The van der Waals surface area contributed by atoms with Crippen LogP contribution in [0.3, 0.4) is 0 Å². The van der Waals surface area contributed by atoms with Crippen molar-refractivity contribution in [2.24, 2.45) is 5.92 Å². The molecule has 2 aromatic heterocycles. The van der Waals surface area contributed by atoms with E-state index in [1.165, 1.54) is 17.2 Å². The fourth-order valence-electron chi connectivity index (χ4n) is 4.97. The zero-order chi connectivity index (χ0) is 29.8.